The Balaban J connectivity index is 1.79. The molecule has 2 rings (SSSR count). The van der Waals surface area contributed by atoms with Crippen LogP contribution in [0.25, 0.3) is 0 Å². The number of ether oxygens (including phenoxy) is 3. The largest absolute Gasteiger partial charge is 0.493 e. The van der Waals surface area contributed by atoms with Gasteiger partial charge in [0.15, 0.2) is 5.75 Å². The van der Waals surface area contributed by atoms with Gasteiger partial charge in [0.2, 0.25) is 0 Å². The maximum atomic E-state index is 6.24. The number of rotatable bonds is 12. The molecule has 9 heteroatoms. The van der Waals surface area contributed by atoms with Crippen LogP contribution in [0.3, 0.4) is 0 Å². The molecule has 0 bridgehead atoms. The van der Waals surface area contributed by atoms with Crippen LogP contribution < -0.4 is 14.2 Å². The van der Waals surface area contributed by atoms with Crippen LogP contribution >= 0.6 is 46.4 Å². The van der Waals surface area contributed by atoms with Crippen molar-refractivity contribution in [2.45, 2.75) is 13.3 Å². The molecule has 0 spiro atoms. The lowest BCUT2D eigenvalue weighted by atomic mass is 10.2. The minimum Gasteiger partial charge on any atom is -0.493 e. The molecule has 2 aromatic rings. The van der Waals surface area contributed by atoms with Crippen molar-refractivity contribution >= 4 is 52.6 Å². The highest BCUT2D eigenvalue weighted by molar-refractivity contribution is 6.55. The number of nitrogens with zero attached hydrogens (tertiary/aromatic N) is 1. The molecule has 30 heavy (non-hydrogen) atoms. The molecule has 0 fully saturated rings. The van der Waals surface area contributed by atoms with Gasteiger partial charge in [-0.15, -0.1) is 0 Å². The van der Waals surface area contributed by atoms with Gasteiger partial charge >= 0.3 is 0 Å². The van der Waals surface area contributed by atoms with Crippen LogP contribution in [0.2, 0.25) is 10.0 Å². The lowest BCUT2D eigenvalue weighted by molar-refractivity contribution is 0.160. The number of halogens is 4. The van der Waals surface area contributed by atoms with Crippen molar-refractivity contribution in [3.63, 3.8) is 0 Å². The predicted octanol–water partition coefficient (Wildman–Crippen LogP) is 6.91. The summed E-state index contributed by atoms with van der Waals surface area (Å²) in [6.45, 7) is 3.45. The summed E-state index contributed by atoms with van der Waals surface area (Å²) in [7, 11) is 0. The summed E-state index contributed by atoms with van der Waals surface area (Å²) in [6.07, 6.45) is 3.79. The number of benzene rings is 2. The van der Waals surface area contributed by atoms with Gasteiger partial charge in [0.25, 0.3) is 0 Å². The molecule has 2 aromatic carbocycles. The van der Waals surface area contributed by atoms with Gasteiger partial charge in [-0.05, 0) is 30.7 Å². The Morgan fingerprint density at radius 1 is 0.967 bits per heavy atom. The van der Waals surface area contributed by atoms with E-state index in [4.69, 9.17) is 65.5 Å². The normalized spacial score (nSPS) is 10.7. The van der Waals surface area contributed by atoms with Crippen LogP contribution in [0.4, 0.5) is 0 Å². The molecule has 162 valence electrons. The first-order chi connectivity index (χ1) is 14.5. The Kier molecular flexibility index (Phi) is 11.0. The van der Waals surface area contributed by atoms with Crippen molar-refractivity contribution in [2.75, 3.05) is 26.4 Å². The topological polar surface area (TPSA) is 49.3 Å². The minimum absolute atomic E-state index is 0.125. The number of hydrogen-bond acceptors (Lipinski definition) is 5. The lowest BCUT2D eigenvalue weighted by Crippen LogP contribution is -2.06. The summed E-state index contributed by atoms with van der Waals surface area (Å²) in [5.74, 6) is 1.61. The molecule has 0 aliphatic carbocycles. The second-order valence-electron chi connectivity index (χ2n) is 5.80. The van der Waals surface area contributed by atoms with Crippen molar-refractivity contribution in [1.29, 1.82) is 0 Å². The maximum absolute atomic E-state index is 6.24. The molecular weight excluding hydrogens is 472 g/mol. The Morgan fingerprint density at radius 2 is 1.70 bits per heavy atom. The molecule has 0 aromatic heterocycles. The highest BCUT2D eigenvalue weighted by Gasteiger charge is 2.10. The fourth-order valence-corrected chi connectivity index (χ4v) is 2.94. The fourth-order valence-electron chi connectivity index (χ4n) is 2.24. The van der Waals surface area contributed by atoms with E-state index in [9.17, 15) is 0 Å². The molecule has 0 aliphatic heterocycles. The van der Waals surface area contributed by atoms with Crippen LogP contribution in [0.5, 0.6) is 17.2 Å². The monoisotopic (exact) mass is 491 g/mol. The van der Waals surface area contributed by atoms with E-state index in [0.717, 1.165) is 11.3 Å². The van der Waals surface area contributed by atoms with Gasteiger partial charge < -0.3 is 19.0 Å². The third kappa shape index (κ3) is 8.92. The van der Waals surface area contributed by atoms with Gasteiger partial charge in [0.05, 0.1) is 29.5 Å². The summed E-state index contributed by atoms with van der Waals surface area (Å²) in [5, 5.41) is 4.54. The average molecular weight is 493 g/mol. The zero-order chi connectivity index (χ0) is 21.8. The van der Waals surface area contributed by atoms with Crippen molar-refractivity contribution in [2.24, 2.45) is 5.16 Å². The molecule has 0 amide bonds. The van der Waals surface area contributed by atoms with E-state index < -0.39 is 0 Å². The molecular formula is C21H21Cl4NO4. The summed E-state index contributed by atoms with van der Waals surface area (Å²) in [4.78, 5) is 4.96. The summed E-state index contributed by atoms with van der Waals surface area (Å²) in [6, 6.07) is 10.8. The van der Waals surface area contributed by atoms with Gasteiger partial charge in [-0.3, -0.25) is 0 Å². The average Bonchev–Trinajstić information content (AvgIpc) is 2.70. The standard InChI is InChI=1S/C21H21Cl4NO4/c1-2-30-26-14-15-5-3-6-16(11-15)27-8-4-9-29-21-18(22)12-17(13-19(21)23)28-10-7-20(24)25/h3,5-7,11-14H,2,4,8-10H2,1H3/b26-14+. The smallest absolute Gasteiger partial charge is 0.156 e. The zero-order valence-corrected chi connectivity index (χ0v) is 19.3. The lowest BCUT2D eigenvalue weighted by Gasteiger charge is -2.12. The predicted molar refractivity (Wildman–Crippen MR) is 123 cm³/mol. The van der Waals surface area contributed by atoms with E-state index >= 15 is 0 Å². The van der Waals surface area contributed by atoms with Crippen molar-refractivity contribution in [3.05, 3.63) is 62.6 Å². The Morgan fingerprint density at radius 3 is 2.40 bits per heavy atom. The summed E-state index contributed by atoms with van der Waals surface area (Å²) >= 11 is 23.6. The molecule has 0 unspecified atom stereocenters. The molecule has 0 saturated heterocycles. The second-order valence-corrected chi connectivity index (χ2v) is 7.62. The molecule has 0 heterocycles. The third-order valence-corrected chi connectivity index (χ3v) is 4.40. The van der Waals surface area contributed by atoms with E-state index in [1.165, 1.54) is 6.08 Å². The van der Waals surface area contributed by atoms with Crippen LogP contribution in [0, 0.1) is 0 Å². The van der Waals surface area contributed by atoms with E-state index in [0.29, 0.717) is 47.8 Å². The molecule has 0 aliphatic rings. The van der Waals surface area contributed by atoms with Gasteiger partial charge in [0, 0.05) is 18.6 Å². The molecule has 0 atom stereocenters. The van der Waals surface area contributed by atoms with E-state index in [1.807, 2.05) is 31.2 Å². The van der Waals surface area contributed by atoms with Crippen LogP contribution in [-0.2, 0) is 4.84 Å². The Labute approximate surface area is 196 Å². The van der Waals surface area contributed by atoms with E-state index in [2.05, 4.69) is 5.16 Å². The zero-order valence-electron chi connectivity index (χ0n) is 16.2. The first-order valence-corrected chi connectivity index (χ1v) is 10.6. The highest BCUT2D eigenvalue weighted by atomic mass is 35.5. The highest BCUT2D eigenvalue weighted by Crippen LogP contribution is 2.37. The van der Waals surface area contributed by atoms with Gasteiger partial charge in [-0.1, -0.05) is 63.7 Å². The van der Waals surface area contributed by atoms with Gasteiger partial charge in [0.1, 0.15) is 29.2 Å². The molecule has 0 N–H and O–H groups in total. The van der Waals surface area contributed by atoms with Crippen LogP contribution in [0.1, 0.15) is 18.9 Å². The molecule has 0 radical (unpaired) electrons. The summed E-state index contributed by atoms with van der Waals surface area (Å²) < 4.78 is 17.0. The minimum atomic E-state index is 0.125. The van der Waals surface area contributed by atoms with Gasteiger partial charge in [-0.25, -0.2) is 0 Å². The maximum Gasteiger partial charge on any atom is 0.156 e. The van der Waals surface area contributed by atoms with Gasteiger partial charge in [-0.2, -0.15) is 0 Å². The Hall–Kier alpha value is -1.79. The quantitative estimate of drug-likeness (QED) is 0.183. The van der Waals surface area contributed by atoms with E-state index in [-0.39, 0.29) is 11.1 Å². The Bertz CT molecular complexity index is 847. The summed E-state index contributed by atoms with van der Waals surface area (Å²) in [5.41, 5.74) is 0.891. The molecule has 0 saturated carbocycles. The third-order valence-electron chi connectivity index (χ3n) is 3.53. The number of hydrogen-bond donors (Lipinski definition) is 0. The fraction of sp³-hybridized carbons (Fsp3) is 0.286. The van der Waals surface area contributed by atoms with Crippen LogP contribution in [-0.4, -0.2) is 32.6 Å². The molecule has 5 nitrogen and oxygen atoms in total. The van der Waals surface area contributed by atoms with Crippen molar-refractivity contribution in [1.82, 2.24) is 0 Å². The van der Waals surface area contributed by atoms with Crippen molar-refractivity contribution in [3.8, 4) is 17.2 Å². The van der Waals surface area contributed by atoms with Crippen molar-refractivity contribution < 1.29 is 19.0 Å². The SMILES string of the molecule is CCO/N=C/c1cccc(OCCCOc2c(Cl)cc(OCC=C(Cl)Cl)cc2Cl)c1. The van der Waals surface area contributed by atoms with Crippen LogP contribution in [0.15, 0.2) is 52.1 Å². The number of oxime groups is 1. The first-order valence-electron chi connectivity index (χ1n) is 9.13. The second kappa shape index (κ2) is 13.5. The van der Waals surface area contributed by atoms with E-state index in [1.54, 1.807) is 18.3 Å². The first kappa shape index (κ1) is 24.5.